The van der Waals surface area contributed by atoms with Crippen molar-refractivity contribution in [3.8, 4) is 0 Å². The zero-order chi connectivity index (χ0) is 11.8. The summed E-state index contributed by atoms with van der Waals surface area (Å²) in [5.41, 5.74) is 0. The van der Waals surface area contributed by atoms with E-state index in [1.54, 1.807) is 0 Å². The Kier molecular flexibility index (Phi) is 7.10. The standard InChI is InChI=1S/C13H24BrNO/c1-11-5-4-6-12(9-8-11)15-13(16)7-2-3-10-14/h11-12H,2-10H2,1H3,(H,15,16). The fourth-order valence-electron chi connectivity index (χ4n) is 2.31. The second-order valence-electron chi connectivity index (χ2n) is 5.02. The third-order valence-corrected chi connectivity index (χ3v) is 3.97. The van der Waals surface area contributed by atoms with Crippen molar-refractivity contribution in [3.63, 3.8) is 0 Å². The molecule has 1 N–H and O–H groups in total. The van der Waals surface area contributed by atoms with Crippen LogP contribution in [0.25, 0.3) is 0 Å². The van der Waals surface area contributed by atoms with E-state index in [0.717, 1.165) is 24.1 Å². The minimum absolute atomic E-state index is 0.250. The van der Waals surface area contributed by atoms with Gasteiger partial charge in [0.25, 0.3) is 0 Å². The molecule has 0 aromatic rings. The van der Waals surface area contributed by atoms with E-state index in [2.05, 4.69) is 28.2 Å². The summed E-state index contributed by atoms with van der Waals surface area (Å²) >= 11 is 3.38. The van der Waals surface area contributed by atoms with Gasteiger partial charge in [-0.15, -0.1) is 0 Å². The van der Waals surface area contributed by atoms with Crippen LogP contribution in [0.1, 0.15) is 58.3 Å². The lowest BCUT2D eigenvalue weighted by Gasteiger charge is -2.16. The fourth-order valence-corrected chi connectivity index (χ4v) is 2.71. The zero-order valence-corrected chi connectivity index (χ0v) is 11.9. The van der Waals surface area contributed by atoms with Gasteiger partial charge in [0, 0.05) is 17.8 Å². The predicted molar refractivity (Wildman–Crippen MR) is 71.8 cm³/mol. The predicted octanol–water partition coefficient (Wildman–Crippen LogP) is 3.64. The average Bonchev–Trinajstić information content (AvgIpc) is 2.44. The molecular formula is C13H24BrNO. The Hall–Kier alpha value is -0.0500. The number of rotatable bonds is 5. The maximum atomic E-state index is 11.7. The highest BCUT2D eigenvalue weighted by Crippen LogP contribution is 2.22. The van der Waals surface area contributed by atoms with Crippen LogP contribution in [0.2, 0.25) is 0 Å². The smallest absolute Gasteiger partial charge is 0.220 e. The average molecular weight is 290 g/mol. The number of carbonyl (C=O) groups excluding carboxylic acids is 1. The summed E-state index contributed by atoms with van der Waals surface area (Å²) in [6.45, 7) is 2.32. The first-order valence-electron chi connectivity index (χ1n) is 6.57. The molecule has 0 aromatic carbocycles. The van der Waals surface area contributed by atoms with E-state index < -0.39 is 0 Å². The molecular weight excluding hydrogens is 266 g/mol. The van der Waals surface area contributed by atoms with Crippen LogP contribution in [0, 0.1) is 5.92 Å². The number of hydrogen-bond acceptors (Lipinski definition) is 1. The molecule has 2 unspecified atom stereocenters. The van der Waals surface area contributed by atoms with Crippen LogP contribution in [-0.4, -0.2) is 17.3 Å². The Bertz CT molecular complexity index is 208. The Morgan fingerprint density at radius 1 is 1.25 bits per heavy atom. The van der Waals surface area contributed by atoms with E-state index in [-0.39, 0.29) is 5.91 Å². The van der Waals surface area contributed by atoms with Gasteiger partial charge in [0.2, 0.25) is 5.91 Å². The molecule has 0 saturated heterocycles. The van der Waals surface area contributed by atoms with Gasteiger partial charge in [-0.05, 0) is 38.0 Å². The highest BCUT2D eigenvalue weighted by molar-refractivity contribution is 9.09. The minimum atomic E-state index is 0.250. The topological polar surface area (TPSA) is 29.1 Å². The second-order valence-corrected chi connectivity index (χ2v) is 5.82. The van der Waals surface area contributed by atoms with Crippen molar-refractivity contribution in [2.24, 2.45) is 5.92 Å². The third-order valence-electron chi connectivity index (χ3n) is 3.41. The second kappa shape index (κ2) is 8.10. The Labute approximate surface area is 108 Å². The van der Waals surface area contributed by atoms with Gasteiger partial charge in [-0.3, -0.25) is 4.79 Å². The summed E-state index contributed by atoms with van der Waals surface area (Å²) in [4.78, 5) is 11.7. The first-order valence-corrected chi connectivity index (χ1v) is 7.70. The summed E-state index contributed by atoms with van der Waals surface area (Å²) < 4.78 is 0. The number of unbranched alkanes of at least 4 members (excludes halogenated alkanes) is 1. The molecule has 0 radical (unpaired) electrons. The summed E-state index contributed by atoms with van der Waals surface area (Å²) in [6, 6.07) is 0.446. The lowest BCUT2D eigenvalue weighted by Crippen LogP contribution is -2.34. The fraction of sp³-hybridized carbons (Fsp3) is 0.923. The molecule has 2 nitrogen and oxygen atoms in total. The minimum Gasteiger partial charge on any atom is -0.353 e. The van der Waals surface area contributed by atoms with Gasteiger partial charge >= 0.3 is 0 Å². The maximum Gasteiger partial charge on any atom is 0.220 e. The van der Waals surface area contributed by atoms with Crippen LogP contribution in [-0.2, 0) is 4.79 Å². The molecule has 16 heavy (non-hydrogen) atoms. The van der Waals surface area contributed by atoms with Gasteiger partial charge in [-0.1, -0.05) is 35.7 Å². The van der Waals surface area contributed by atoms with Crippen molar-refractivity contribution in [2.75, 3.05) is 5.33 Å². The van der Waals surface area contributed by atoms with Gasteiger partial charge < -0.3 is 5.32 Å². The summed E-state index contributed by atoms with van der Waals surface area (Å²) in [7, 11) is 0. The van der Waals surface area contributed by atoms with E-state index in [0.29, 0.717) is 12.5 Å². The van der Waals surface area contributed by atoms with Gasteiger partial charge in [0.15, 0.2) is 0 Å². The van der Waals surface area contributed by atoms with Gasteiger partial charge in [0.1, 0.15) is 0 Å². The molecule has 2 atom stereocenters. The molecule has 1 rings (SSSR count). The lowest BCUT2D eigenvalue weighted by molar-refractivity contribution is -0.122. The maximum absolute atomic E-state index is 11.7. The third kappa shape index (κ3) is 5.88. The van der Waals surface area contributed by atoms with Crippen molar-refractivity contribution in [2.45, 2.75) is 64.3 Å². The SMILES string of the molecule is CC1CCCC(NC(=O)CCCCBr)CC1. The number of nitrogens with one attached hydrogen (secondary N) is 1. The van der Waals surface area contributed by atoms with Crippen LogP contribution < -0.4 is 5.32 Å². The molecule has 1 saturated carbocycles. The number of halogens is 1. The van der Waals surface area contributed by atoms with Crippen LogP contribution in [0.3, 0.4) is 0 Å². The highest BCUT2D eigenvalue weighted by atomic mass is 79.9. The Morgan fingerprint density at radius 3 is 2.81 bits per heavy atom. The monoisotopic (exact) mass is 289 g/mol. The van der Waals surface area contributed by atoms with E-state index in [9.17, 15) is 4.79 Å². The Morgan fingerprint density at radius 2 is 2.06 bits per heavy atom. The number of hydrogen-bond donors (Lipinski definition) is 1. The molecule has 0 aromatic heterocycles. The first kappa shape index (κ1) is 14.0. The molecule has 0 aliphatic heterocycles. The van der Waals surface area contributed by atoms with E-state index >= 15 is 0 Å². The molecule has 1 aliphatic carbocycles. The van der Waals surface area contributed by atoms with Crippen LogP contribution in [0.5, 0.6) is 0 Å². The molecule has 0 spiro atoms. The van der Waals surface area contributed by atoms with E-state index in [1.165, 1.54) is 32.1 Å². The van der Waals surface area contributed by atoms with Crippen molar-refractivity contribution in [1.82, 2.24) is 5.32 Å². The molecule has 0 heterocycles. The van der Waals surface area contributed by atoms with Crippen LogP contribution >= 0.6 is 15.9 Å². The quantitative estimate of drug-likeness (QED) is 0.467. The first-order chi connectivity index (χ1) is 7.72. The lowest BCUT2D eigenvalue weighted by atomic mass is 10.0. The summed E-state index contributed by atoms with van der Waals surface area (Å²) in [5.74, 6) is 1.09. The Balaban J connectivity index is 2.17. The molecule has 1 amide bonds. The van der Waals surface area contributed by atoms with Gasteiger partial charge in [-0.2, -0.15) is 0 Å². The summed E-state index contributed by atoms with van der Waals surface area (Å²) in [5, 5.41) is 4.19. The normalized spacial score (nSPS) is 26.1. The molecule has 1 aliphatic rings. The van der Waals surface area contributed by atoms with E-state index in [1.807, 2.05) is 0 Å². The van der Waals surface area contributed by atoms with Crippen LogP contribution in [0.15, 0.2) is 0 Å². The molecule has 3 heteroatoms. The number of amides is 1. The van der Waals surface area contributed by atoms with Crippen molar-refractivity contribution in [3.05, 3.63) is 0 Å². The van der Waals surface area contributed by atoms with Crippen molar-refractivity contribution >= 4 is 21.8 Å². The number of alkyl halides is 1. The summed E-state index contributed by atoms with van der Waals surface area (Å²) in [6.07, 6.45) is 9.00. The van der Waals surface area contributed by atoms with E-state index in [4.69, 9.17) is 0 Å². The molecule has 94 valence electrons. The largest absolute Gasteiger partial charge is 0.353 e. The van der Waals surface area contributed by atoms with Crippen molar-refractivity contribution in [1.29, 1.82) is 0 Å². The zero-order valence-electron chi connectivity index (χ0n) is 10.3. The highest BCUT2D eigenvalue weighted by Gasteiger charge is 2.17. The molecule has 1 fully saturated rings. The number of carbonyl (C=O) groups is 1. The van der Waals surface area contributed by atoms with Gasteiger partial charge in [-0.25, -0.2) is 0 Å². The molecule has 0 bridgehead atoms. The van der Waals surface area contributed by atoms with Crippen molar-refractivity contribution < 1.29 is 4.79 Å². The van der Waals surface area contributed by atoms with Gasteiger partial charge in [0.05, 0.1) is 0 Å². The van der Waals surface area contributed by atoms with Crippen LogP contribution in [0.4, 0.5) is 0 Å².